The van der Waals surface area contributed by atoms with Crippen LogP contribution in [0.15, 0.2) is 24.3 Å². The number of carbonyl (C=O) groups is 1. The van der Waals surface area contributed by atoms with Gasteiger partial charge >= 0.3 is 0 Å². The zero-order chi connectivity index (χ0) is 13.0. The summed E-state index contributed by atoms with van der Waals surface area (Å²) in [4.78, 5) is 12.3. The zero-order valence-electron chi connectivity index (χ0n) is 11.2. The molecule has 0 heterocycles. The van der Waals surface area contributed by atoms with E-state index in [1.807, 2.05) is 24.3 Å². The van der Waals surface area contributed by atoms with E-state index in [0.29, 0.717) is 0 Å². The van der Waals surface area contributed by atoms with E-state index in [0.717, 1.165) is 37.1 Å². The molecule has 1 N–H and O–H groups in total. The summed E-state index contributed by atoms with van der Waals surface area (Å²) >= 11 is 0. The Kier molecular flexibility index (Phi) is 3.90. The first-order chi connectivity index (χ1) is 8.64. The number of benzene rings is 1. The molecule has 0 saturated heterocycles. The lowest BCUT2D eigenvalue weighted by atomic mass is 9.75. The van der Waals surface area contributed by atoms with Crippen LogP contribution in [0.25, 0.3) is 0 Å². The van der Waals surface area contributed by atoms with Gasteiger partial charge in [0.25, 0.3) is 0 Å². The molecular weight excluding hydrogens is 226 g/mol. The van der Waals surface area contributed by atoms with Gasteiger partial charge in [-0.15, -0.1) is 0 Å². The van der Waals surface area contributed by atoms with Gasteiger partial charge in [-0.05, 0) is 37.1 Å². The first kappa shape index (κ1) is 12.9. The topological polar surface area (TPSA) is 38.3 Å². The van der Waals surface area contributed by atoms with Gasteiger partial charge in [-0.1, -0.05) is 26.2 Å². The molecule has 1 amide bonds. The third-order valence-corrected chi connectivity index (χ3v) is 3.85. The number of rotatable bonds is 3. The average molecular weight is 247 g/mol. The predicted molar refractivity (Wildman–Crippen MR) is 72.8 cm³/mol. The van der Waals surface area contributed by atoms with Crippen molar-refractivity contribution in [1.82, 2.24) is 0 Å². The minimum Gasteiger partial charge on any atom is -0.497 e. The second-order valence-corrected chi connectivity index (χ2v) is 5.30. The molecule has 3 nitrogen and oxygen atoms in total. The van der Waals surface area contributed by atoms with E-state index < -0.39 is 0 Å². The molecule has 98 valence electrons. The molecule has 0 radical (unpaired) electrons. The van der Waals surface area contributed by atoms with E-state index in [1.54, 1.807) is 7.11 Å². The van der Waals surface area contributed by atoms with Gasteiger partial charge in [0.2, 0.25) is 5.91 Å². The molecule has 1 aromatic carbocycles. The van der Waals surface area contributed by atoms with E-state index in [-0.39, 0.29) is 11.3 Å². The van der Waals surface area contributed by atoms with Crippen molar-refractivity contribution in [1.29, 1.82) is 0 Å². The summed E-state index contributed by atoms with van der Waals surface area (Å²) in [6, 6.07) is 7.48. The molecule has 0 atom stereocenters. The van der Waals surface area contributed by atoms with Crippen LogP contribution in [0.5, 0.6) is 5.75 Å². The molecule has 0 aromatic heterocycles. The Morgan fingerprint density at radius 3 is 2.33 bits per heavy atom. The van der Waals surface area contributed by atoms with Crippen molar-refractivity contribution < 1.29 is 9.53 Å². The van der Waals surface area contributed by atoms with Crippen LogP contribution < -0.4 is 10.1 Å². The molecule has 0 aliphatic heterocycles. The molecule has 2 rings (SSSR count). The highest BCUT2D eigenvalue weighted by Crippen LogP contribution is 2.36. The maximum Gasteiger partial charge on any atom is 0.230 e. The highest BCUT2D eigenvalue weighted by molar-refractivity contribution is 5.95. The van der Waals surface area contributed by atoms with E-state index in [2.05, 4.69) is 12.2 Å². The summed E-state index contributed by atoms with van der Waals surface area (Å²) in [5.41, 5.74) is 0.644. The molecule has 0 bridgehead atoms. The van der Waals surface area contributed by atoms with Gasteiger partial charge in [-0.2, -0.15) is 0 Å². The minimum atomic E-state index is -0.196. The van der Waals surface area contributed by atoms with Gasteiger partial charge in [0, 0.05) is 11.1 Å². The lowest BCUT2D eigenvalue weighted by Crippen LogP contribution is -2.35. The molecule has 1 aliphatic rings. The van der Waals surface area contributed by atoms with Crippen LogP contribution in [0.3, 0.4) is 0 Å². The van der Waals surface area contributed by atoms with Crippen LogP contribution in [0, 0.1) is 5.41 Å². The first-order valence-electron chi connectivity index (χ1n) is 6.59. The Morgan fingerprint density at radius 2 is 1.78 bits per heavy atom. The van der Waals surface area contributed by atoms with Crippen LogP contribution in [0.1, 0.15) is 39.0 Å². The van der Waals surface area contributed by atoms with Crippen molar-refractivity contribution in [2.45, 2.75) is 39.0 Å². The van der Waals surface area contributed by atoms with Crippen molar-refractivity contribution in [3.05, 3.63) is 24.3 Å². The summed E-state index contributed by atoms with van der Waals surface area (Å²) in [7, 11) is 1.64. The smallest absolute Gasteiger partial charge is 0.230 e. The van der Waals surface area contributed by atoms with Gasteiger partial charge in [0.1, 0.15) is 5.75 Å². The van der Waals surface area contributed by atoms with Gasteiger partial charge in [0.05, 0.1) is 7.11 Å². The number of amides is 1. The predicted octanol–water partition coefficient (Wildman–Crippen LogP) is 3.60. The Balaban J connectivity index is 2.01. The first-order valence-corrected chi connectivity index (χ1v) is 6.59. The van der Waals surface area contributed by atoms with Crippen LogP contribution in [0.4, 0.5) is 5.69 Å². The van der Waals surface area contributed by atoms with Gasteiger partial charge in [-0.3, -0.25) is 4.79 Å². The maximum atomic E-state index is 12.3. The fraction of sp³-hybridized carbons (Fsp3) is 0.533. The average Bonchev–Trinajstić information content (AvgIpc) is 2.40. The lowest BCUT2D eigenvalue weighted by Gasteiger charge is -2.32. The number of carbonyl (C=O) groups excluding carboxylic acids is 1. The van der Waals surface area contributed by atoms with Gasteiger partial charge < -0.3 is 10.1 Å². The zero-order valence-corrected chi connectivity index (χ0v) is 11.2. The summed E-state index contributed by atoms with van der Waals surface area (Å²) < 4.78 is 5.10. The maximum absolute atomic E-state index is 12.3. The largest absolute Gasteiger partial charge is 0.497 e. The number of nitrogens with one attached hydrogen (secondary N) is 1. The van der Waals surface area contributed by atoms with Crippen molar-refractivity contribution in [2.75, 3.05) is 12.4 Å². The standard InChI is InChI=1S/C15H21NO2/c1-15(10-4-3-5-11-15)14(17)16-12-6-8-13(18-2)9-7-12/h6-9H,3-5,10-11H2,1-2H3,(H,16,17). The quantitative estimate of drug-likeness (QED) is 0.886. The normalized spacial score (nSPS) is 18.1. The SMILES string of the molecule is COc1ccc(NC(=O)C2(C)CCCCC2)cc1. The van der Waals surface area contributed by atoms with Crippen LogP contribution in [-0.4, -0.2) is 13.0 Å². The molecular formula is C15H21NO2. The Labute approximate surface area is 109 Å². The molecule has 18 heavy (non-hydrogen) atoms. The molecule has 1 aromatic rings. The third kappa shape index (κ3) is 2.84. The molecule has 0 unspecified atom stereocenters. The van der Waals surface area contributed by atoms with Gasteiger partial charge in [-0.25, -0.2) is 0 Å². The van der Waals surface area contributed by atoms with Crippen molar-refractivity contribution >= 4 is 11.6 Å². The number of hydrogen-bond donors (Lipinski definition) is 1. The number of hydrogen-bond acceptors (Lipinski definition) is 2. The minimum absolute atomic E-state index is 0.146. The summed E-state index contributed by atoms with van der Waals surface area (Å²) in [6.07, 6.45) is 5.56. The van der Waals surface area contributed by atoms with E-state index in [1.165, 1.54) is 6.42 Å². The second-order valence-electron chi connectivity index (χ2n) is 5.30. The Hall–Kier alpha value is -1.51. The van der Waals surface area contributed by atoms with Gasteiger partial charge in [0.15, 0.2) is 0 Å². The summed E-state index contributed by atoms with van der Waals surface area (Å²) in [6.45, 7) is 2.07. The fourth-order valence-electron chi connectivity index (χ4n) is 2.52. The highest BCUT2D eigenvalue weighted by atomic mass is 16.5. The third-order valence-electron chi connectivity index (χ3n) is 3.85. The van der Waals surface area contributed by atoms with Crippen LogP contribution >= 0.6 is 0 Å². The van der Waals surface area contributed by atoms with Crippen LogP contribution in [0.2, 0.25) is 0 Å². The van der Waals surface area contributed by atoms with E-state index in [4.69, 9.17) is 4.74 Å². The Morgan fingerprint density at radius 1 is 1.17 bits per heavy atom. The lowest BCUT2D eigenvalue weighted by molar-refractivity contribution is -0.126. The highest BCUT2D eigenvalue weighted by Gasteiger charge is 2.34. The van der Waals surface area contributed by atoms with Crippen LogP contribution in [-0.2, 0) is 4.79 Å². The van der Waals surface area contributed by atoms with Crippen molar-refractivity contribution in [2.24, 2.45) is 5.41 Å². The van der Waals surface area contributed by atoms with Crippen molar-refractivity contribution in [3.63, 3.8) is 0 Å². The second kappa shape index (κ2) is 5.42. The molecule has 1 fully saturated rings. The summed E-state index contributed by atoms with van der Waals surface area (Å²) in [5.74, 6) is 0.948. The molecule has 3 heteroatoms. The summed E-state index contributed by atoms with van der Waals surface area (Å²) in [5, 5.41) is 3.01. The molecule has 1 saturated carbocycles. The molecule has 0 spiro atoms. The molecule has 1 aliphatic carbocycles. The van der Waals surface area contributed by atoms with E-state index >= 15 is 0 Å². The monoisotopic (exact) mass is 247 g/mol. The van der Waals surface area contributed by atoms with Crippen molar-refractivity contribution in [3.8, 4) is 5.75 Å². The number of ether oxygens (including phenoxy) is 1. The fourth-order valence-corrected chi connectivity index (χ4v) is 2.52. The Bertz CT molecular complexity index is 405. The van der Waals surface area contributed by atoms with E-state index in [9.17, 15) is 4.79 Å². The number of anilines is 1. The number of methoxy groups -OCH3 is 1.